The Hall–Kier alpha value is -4.06. The van der Waals surface area contributed by atoms with Crippen LogP contribution in [0.15, 0.2) is 66.4 Å². The Balaban J connectivity index is 1.62. The number of hydrogen-bond donors (Lipinski definition) is 1. The standard InChI is InChI=1S/C25H18O6/c1-29-19-9-7-15(12-18(19)26)17-13-22(27)30-20-10-8-16-24(28)21(31-25(16)23(17)20)11-14-5-3-2-4-6-14/h2-12,17,26H,13H2,1H3. The molecule has 3 aromatic rings. The van der Waals surface area contributed by atoms with E-state index >= 15 is 0 Å². The molecule has 6 heteroatoms. The van der Waals surface area contributed by atoms with E-state index in [1.165, 1.54) is 7.11 Å². The van der Waals surface area contributed by atoms with Crippen molar-refractivity contribution in [3.05, 3.63) is 88.7 Å². The van der Waals surface area contributed by atoms with E-state index < -0.39 is 11.9 Å². The molecule has 2 heterocycles. The van der Waals surface area contributed by atoms with Gasteiger partial charge in [-0.15, -0.1) is 0 Å². The first kappa shape index (κ1) is 18.9. The summed E-state index contributed by atoms with van der Waals surface area (Å²) in [5.41, 5.74) is 2.57. The van der Waals surface area contributed by atoms with Gasteiger partial charge in [0.15, 0.2) is 17.3 Å². The maximum absolute atomic E-state index is 13.0. The van der Waals surface area contributed by atoms with E-state index in [1.54, 1.807) is 36.4 Å². The molecule has 1 N–H and O–H groups in total. The number of phenolic OH excluding ortho intramolecular Hbond substituents is 1. The summed E-state index contributed by atoms with van der Waals surface area (Å²) in [6.45, 7) is 0. The van der Waals surface area contributed by atoms with Crippen LogP contribution in [0, 0.1) is 0 Å². The monoisotopic (exact) mass is 414 g/mol. The molecule has 2 aliphatic rings. The Morgan fingerprint density at radius 2 is 1.84 bits per heavy atom. The average molecular weight is 414 g/mol. The van der Waals surface area contributed by atoms with Crippen LogP contribution in [0.3, 0.4) is 0 Å². The quantitative estimate of drug-likeness (QED) is 0.387. The molecule has 0 amide bonds. The molecule has 0 saturated heterocycles. The molecule has 31 heavy (non-hydrogen) atoms. The Kier molecular flexibility index (Phi) is 4.47. The highest BCUT2D eigenvalue weighted by Crippen LogP contribution is 2.49. The van der Waals surface area contributed by atoms with Gasteiger partial charge in [0.2, 0.25) is 5.78 Å². The highest BCUT2D eigenvalue weighted by Gasteiger charge is 2.38. The molecule has 0 aromatic heterocycles. The van der Waals surface area contributed by atoms with Crippen molar-refractivity contribution in [3.63, 3.8) is 0 Å². The van der Waals surface area contributed by atoms with E-state index in [0.29, 0.717) is 33.9 Å². The number of ether oxygens (including phenoxy) is 3. The van der Waals surface area contributed by atoms with Crippen molar-refractivity contribution in [2.45, 2.75) is 12.3 Å². The summed E-state index contributed by atoms with van der Waals surface area (Å²) >= 11 is 0. The van der Waals surface area contributed by atoms with Gasteiger partial charge in [0.05, 0.1) is 19.1 Å². The molecule has 6 nitrogen and oxygen atoms in total. The van der Waals surface area contributed by atoms with Gasteiger partial charge in [-0.3, -0.25) is 9.59 Å². The lowest BCUT2D eigenvalue weighted by Crippen LogP contribution is -2.21. The number of allylic oxidation sites excluding steroid dienone is 1. The third kappa shape index (κ3) is 3.22. The number of phenols is 1. The van der Waals surface area contributed by atoms with Gasteiger partial charge < -0.3 is 19.3 Å². The summed E-state index contributed by atoms with van der Waals surface area (Å²) in [5.74, 6) is 0.193. The van der Waals surface area contributed by atoms with Crippen LogP contribution in [0.1, 0.15) is 39.4 Å². The van der Waals surface area contributed by atoms with Crippen molar-refractivity contribution >= 4 is 17.8 Å². The van der Waals surface area contributed by atoms with Gasteiger partial charge in [0, 0.05) is 11.5 Å². The molecule has 0 fully saturated rings. The lowest BCUT2D eigenvalue weighted by molar-refractivity contribution is -0.135. The number of ketones is 1. The van der Waals surface area contributed by atoms with Gasteiger partial charge in [0.25, 0.3) is 0 Å². The van der Waals surface area contributed by atoms with Gasteiger partial charge in [0.1, 0.15) is 11.5 Å². The molecule has 0 spiro atoms. The van der Waals surface area contributed by atoms with E-state index in [0.717, 1.165) is 5.56 Å². The molecule has 0 saturated carbocycles. The van der Waals surface area contributed by atoms with E-state index in [2.05, 4.69) is 0 Å². The van der Waals surface area contributed by atoms with Crippen LogP contribution in [-0.2, 0) is 4.79 Å². The predicted octanol–water partition coefficient (Wildman–Crippen LogP) is 4.46. The van der Waals surface area contributed by atoms with Crippen molar-refractivity contribution in [3.8, 4) is 23.0 Å². The first-order chi connectivity index (χ1) is 15.0. The van der Waals surface area contributed by atoms with Crippen LogP contribution in [0.4, 0.5) is 0 Å². The number of rotatable bonds is 3. The first-order valence-corrected chi connectivity index (χ1v) is 9.79. The molecule has 0 radical (unpaired) electrons. The zero-order valence-electron chi connectivity index (χ0n) is 16.6. The number of methoxy groups -OCH3 is 1. The smallest absolute Gasteiger partial charge is 0.312 e. The molecular formula is C25H18O6. The second-order valence-corrected chi connectivity index (χ2v) is 7.37. The second-order valence-electron chi connectivity index (χ2n) is 7.37. The SMILES string of the molecule is COc1ccc(C2CC(=O)Oc3ccc4c(c32)OC(=Cc2ccccc2)C4=O)cc1O. The molecule has 0 bridgehead atoms. The number of carbonyl (C=O) groups is 2. The summed E-state index contributed by atoms with van der Waals surface area (Å²) in [7, 11) is 1.47. The summed E-state index contributed by atoms with van der Waals surface area (Å²) in [4.78, 5) is 25.2. The van der Waals surface area contributed by atoms with E-state index in [4.69, 9.17) is 14.2 Å². The summed E-state index contributed by atoms with van der Waals surface area (Å²) < 4.78 is 16.6. The molecule has 0 aliphatic carbocycles. The lowest BCUT2D eigenvalue weighted by Gasteiger charge is -2.26. The number of hydrogen-bond acceptors (Lipinski definition) is 6. The van der Waals surface area contributed by atoms with E-state index in [-0.39, 0.29) is 23.7 Å². The fraction of sp³-hybridized carbons (Fsp3) is 0.120. The number of carbonyl (C=O) groups excluding carboxylic acids is 2. The van der Waals surface area contributed by atoms with Crippen LogP contribution in [0.25, 0.3) is 6.08 Å². The molecule has 154 valence electrons. The summed E-state index contributed by atoms with van der Waals surface area (Å²) in [6.07, 6.45) is 1.75. The van der Waals surface area contributed by atoms with Crippen molar-refractivity contribution < 1.29 is 28.9 Å². The van der Waals surface area contributed by atoms with Crippen molar-refractivity contribution in [2.24, 2.45) is 0 Å². The minimum Gasteiger partial charge on any atom is -0.504 e. The van der Waals surface area contributed by atoms with Crippen molar-refractivity contribution in [2.75, 3.05) is 7.11 Å². The number of esters is 1. The third-order valence-electron chi connectivity index (χ3n) is 5.48. The Morgan fingerprint density at radius 1 is 1.03 bits per heavy atom. The first-order valence-electron chi connectivity index (χ1n) is 9.79. The van der Waals surface area contributed by atoms with Gasteiger partial charge >= 0.3 is 5.97 Å². The molecule has 1 unspecified atom stereocenters. The topological polar surface area (TPSA) is 82.1 Å². The summed E-state index contributed by atoms with van der Waals surface area (Å²) in [6, 6.07) is 17.6. The minimum absolute atomic E-state index is 0.0327. The Morgan fingerprint density at radius 3 is 2.58 bits per heavy atom. The highest BCUT2D eigenvalue weighted by atomic mass is 16.5. The number of aromatic hydroxyl groups is 1. The molecular weight excluding hydrogens is 396 g/mol. The second kappa shape index (κ2) is 7.32. The fourth-order valence-electron chi connectivity index (χ4n) is 4.02. The van der Waals surface area contributed by atoms with Crippen LogP contribution in [-0.4, -0.2) is 24.0 Å². The van der Waals surface area contributed by atoms with Gasteiger partial charge in [-0.2, -0.15) is 0 Å². The zero-order chi connectivity index (χ0) is 21.5. The van der Waals surface area contributed by atoms with Crippen LogP contribution in [0.5, 0.6) is 23.0 Å². The minimum atomic E-state index is -0.438. The van der Waals surface area contributed by atoms with E-state index in [9.17, 15) is 14.7 Å². The Bertz CT molecular complexity index is 1240. The normalized spacial score (nSPS) is 18.2. The molecule has 5 rings (SSSR count). The lowest BCUT2D eigenvalue weighted by atomic mass is 9.84. The molecule has 2 aliphatic heterocycles. The fourth-order valence-corrected chi connectivity index (χ4v) is 4.02. The van der Waals surface area contributed by atoms with Crippen molar-refractivity contribution in [1.82, 2.24) is 0 Å². The summed E-state index contributed by atoms with van der Waals surface area (Å²) in [5, 5.41) is 10.2. The van der Waals surface area contributed by atoms with Crippen molar-refractivity contribution in [1.29, 1.82) is 0 Å². The van der Waals surface area contributed by atoms with Crippen LogP contribution in [0.2, 0.25) is 0 Å². The molecule has 3 aromatic carbocycles. The van der Waals surface area contributed by atoms with E-state index in [1.807, 2.05) is 30.3 Å². The van der Waals surface area contributed by atoms with Crippen LogP contribution >= 0.6 is 0 Å². The number of benzene rings is 3. The van der Waals surface area contributed by atoms with Gasteiger partial charge in [-0.25, -0.2) is 0 Å². The van der Waals surface area contributed by atoms with Gasteiger partial charge in [-0.05, 0) is 41.5 Å². The predicted molar refractivity (Wildman–Crippen MR) is 113 cm³/mol. The Labute approximate surface area is 178 Å². The third-order valence-corrected chi connectivity index (χ3v) is 5.48. The number of fused-ring (bicyclic) bond motifs is 3. The zero-order valence-corrected chi connectivity index (χ0v) is 16.6. The average Bonchev–Trinajstić information content (AvgIpc) is 3.09. The maximum atomic E-state index is 13.0. The maximum Gasteiger partial charge on any atom is 0.312 e. The highest BCUT2D eigenvalue weighted by molar-refractivity contribution is 6.15. The molecule has 1 atom stereocenters. The van der Waals surface area contributed by atoms with Gasteiger partial charge in [-0.1, -0.05) is 36.4 Å². The van der Waals surface area contributed by atoms with Crippen LogP contribution < -0.4 is 14.2 Å². The number of Topliss-reactive ketones (excluding diaryl/α,β-unsaturated/α-hetero) is 1. The largest absolute Gasteiger partial charge is 0.504 e.